The smallest absolute Gasteiger partial charge is 0.218 e. The molecule has 0 aliphatic heterocycles. The predicted octanol–water partition coefficient (Wildman–Crippen LogP) is 7.31. The standard InChI is InChI=1S/C40H34N8O/c1-3-37-41-39-36(49-2)28-46(48(39)43-37)27-29-23-25-30(26-24-29)34-21-13-14-22-35(34)38-42-44-45-47(38)40(31-15-7-4-8-16-31,32-17-9-5-10-18-32)33-19-11-6-12-20-33/h4-26,28H,3,27H2,1-2H3. The lowest BCUT2D eigenvalue weighted by molar-refractivity contribution is 0.417. The third-order valence-corrected chi connectivity index (χ3v) is 9.04. The Balaban J connectivity index is 1.23. The number of methoxy groups -OCH3 is 1. The minimum absolute atomic E-state index is 0.611. The number of ether oxygens (including phenoxy) is 1. The first-order valence-electron chi connectivity index (χ1n) is 16.3. The summed E-state index contributed by atoms with van der Waals surface area (Å²) in [4.78, 5) is 4.62. The van der Waals surface area contributed by atoms with Crippen LogP contribution in [0.3, 0.4) is 0 Å². The van der Waals surface area contributed by atoms with Gasteiger partial charge in [0.2, 0.25) is 5.65 Å². The Kier molecular flexibility index (Phi) is 7.77. The van der Waals surface area contributed by atoms with Gasteiger partial charge in [-0.15, -0.1) is 14.8 Å². The molecule has 0 radical (unpaired) electrons. The zero-order valence-electron chi connectivity index (χ0n) is 27.3. The van der Waals surface area contributed by atoms with Gasteiger partial charge in [-0.05, 0) is 43.8 Å². The van der Waals surface area contributed by atoms with Crippen molar-refractivity contribution < 1.29 is 4.74 Å². The monoisotopic (exact) mass is 642 g/mol. The van der Waals surface area contributed by atoms with Crippen molar-refractivity contribution in [1.29, 1.82) is 0 Å². The van der Waals surface area contributed by atoms with Crippen molar-refractivity contribution in [1.82, 2.24) is 39.6 Å². The summed E-state index contributed by atoms with van der Waals surface area (Å²) >= 11 is 0. The average molecular weight is 643 g/mol. The summed E-state index contributed by atoms with van der Waals surface area (Å²) in [5.74, 6) is 2.15. The van der Waals surface area contributed by atoms with Crippen molar-refractivity contribution in [3.63, 3.8) is 0 Å². The van der Waals surface area contributed by atoms with Crippen molar-refractivity contribution in [2.75, 3.05) is 7.11 Å². The molecule has 0 spiro atoms. The van der Waals surface area contributed by atoms with E-state index in [9.17, 15) is 0 Å². The molecule has 3 heterocycles. The van der Waals surface area contributed by atoms with Crippen molar-refractivity contribution >= 4 is 5.65 Å². The quantitative estimate of drug-likeness (QED) is 0.145. The fourth-order valence-corrected chi connectivity index (χ4v) is 6.73. The van der Waals surface area contributed by atoms with Crippen molar-refractivity contribution in [2.45, 2.75) is 25.4 Å². The summed E-state index contributed by atoms with van der Waals surface area (Å²) in [6, 6.07) is 48.3. The number of hydrogen-bond acceptors (Lipinski definition) is 6. The van der Waals surface area contributed by atoms with Gasteiger partial charge in [0.05, 0.1) is 19.9 Å². The number of aryl methyl sites for hydroxylation is 1. The number of hydrogen-bond donors (Lipinski definition) is 0. The van der Waals surface area contributed by atoms with Crippen LogP contribution in [0.5, 0.6) is 5.75 Å². The van der Waals surface area contributed by atoms with Crippen molar-refractivity contribution in [3.8, 4) is 28.3 Å². The molecule has 0 saturated carbocycles. The second-order valence-corrected chi connectivity index (χ2v) is 11.9. The van der Waals surface area contributed by atoms with Gasteiger partial charge < -0.3 is 4.74 Å². The fraction of sp³-hybridized carbons (Fsp3) is 0.125. The molecule has 0 fully saturated rings. The molecule has 0 atom stereocenters. The molecule has 5 aromatic carbocycles. The molecular weight excluding hydrogens is 608 g/mol. The van der Waals surface area contributed by atoms with Gasteiger partial charge in [0.15, 0.2) is 17.4 Å². The molecule has 0 unspecified atom stereocenters. The number of nitrogens with zero attached hydrogens (tertiary/aromatic N) is 8. The Morgan fingerprint density at radius 3 is 1.82 bits per heavy atom. The maximum atomic E-state index is 5.58. The van der Waals surface area contributed by atoms with Gasteiger partial charge >= 0.3 is 0 Å². The van der Waals surface area contributed by atoms with Crippen molar-refractivity contribution in [2.24, 2.45) is 0 Å². The van der Waals surface area contributed by atoms with Crippen LogP contribution in [0, 0.1) is 0 Å². The van der Waals surface area contributed by atoms with E-state index in [0.29, 0.717) is 18.1 Å². The first-order valence-corrected chi connectivity index (χ1v) is 16.3. The van der Waals surface area contributed by atoms with Gasteiger partial charge in [0, 0.05) is 12.0 Å². The Labute approximate surface area is 284 Å². The highest BCUT2D eigenvalue weighted by atomic mass is 16.5. The highest BCUT2D eigenvalue weighted by molar-refractivity contribution is 5.81. The molecule has 0 N–H and O–H groups in total. The summed E-state index contributed by atoms with van der Waals surface area (Å²) in [5.41, 5.74) is 7.17. The zero-order chi connectivity index (χ0) is 33.2. The molecule has 49 heavy (non-hydrogen) atoms. The third-order valence-electron chi connectivity index (χ3n) is 9.04. The van der Waals surface area contributed by atoms with Crippen LogP contribution in [0.1, 0.15) is 35.0 Å². The second-order valence-electron chi connectivity index (χ2n) is 11.9. The number of fused-ring (bicyclic) bond motifs is 1. The number of tetrazole rings is 1. The highest BCUT2D eigenvalue weighted by Crippen LogP contribution is 2.43. The summed E-state index contributed by atoms with van der Waals surface area (Å²) in [6.45, 7) is 2.66. The van der Waals surface area contributed by atoms with E-state index in [-0.39, 0.29) is 0 Å². The Bertz CT molecular complexity index is 2230. The molecule has 0 saturated heterocycles. The van der Waals surface area contributed by atoms with E-state index < -0.39 is 5.54 Å². The van der Waals surface area contributed by atoms with Gasteiger partial charge in [-0.25, -0.2) is 9.67 Å². The van der Waals surface area contributed by atoms with E-state index in [0.717, 1.165) is 56.8 Å². The van der Waals surface area contributed by atoms with Crippen LogP contribution in [0.15, 0.2) is 146 Å². The third kappa shape index (κ3) is 5.16. The van der Waals surface area contributed by atoms with Gasteiger partial charge in [0.25, 0.3) is 0 Å². The summed E-state index contributed by atoms with van der Waals surface area (Å²) in [5, 5.41) is 18.4. The molecule has 0 bridgehead atoms. The lowest BCUT2D eigenvalue weighted by Gasteiger charge is -2.36. The first kappa shape index (κ1) is 30.0. The van der Waals surface area contributed by atoms with E-state index in [4.69, 9.17) is 15.0 Å². The number of aromatic nitrogens is 8. The van der Waals surface area contributed by atoms with Gasteiger partial charge in [0.1, 0.15) is 5.54 Å². The van der Waals surface area contributed by atoms with Crippen LogP contribution in [0.2, 0.25) is 0 Å². The van der Waals surface area contributed by atoms with Crippen molar-refractivity contribution in [3.05, 3.63) is 174 Å². The maximum absolute atomic E-state index is 5.58. The lowest BCUT2D eigenvalue weighted by Crippen LogP contribution is -2.39. The Morgan fingerprint density at radius 1 is 0.673 bits per heavy atom. The molecule has 8 aromatic rings. The van der Waals surface area contributed by atoms with E-state index in [1.165, 1.54) is 0 Å². The van der Waals surface area contributed by atoms with Crippen LogP contribution < -0.4 is 4.74 Å². The normalized spacial score (nSPS) is 11.6. The lowest BCUT2D eigenvalue weighted by atomic mass is 9.77. The fourth-order valence-electron chi connectivity index (χ4n) is 6.73. The van der Waals surface area contributed by atoms with Gasteiger partial charge in [-0.2, -0.15) is 0 Å². The van der Waals surface area contributed by atoms with E-state index >= 15 is 0 Å². The largest absolute Gasteiger partial charge is 0.491 e. The Morgan fingerprint density at radius 2 is 1.24 bits per heavy atom. The maximum Gasteiger partial charge on any atom is 0.218 e. The molecule has 0 aliphatic carbocycles. The molecule has 9 nitrogen and oxygen atoms in total. The molecule has 0 amide bonds. The van der Waals surface area contributed by atoms with E-state index in [1.807, 2.05) is 51.4 Å². The minimum atomic E-state index is -0.845. The first-order chi connectivity index (χ1) is 24.2. The molecular formula is C40H34N8O. The topological polar surface area (TPSA) is 88.0 Å². The van der Waals surface area contributed by atoms with Crippen LogP contribution in [-0.2, 0) is 18.5 Å². The van der Waals surface area contributed by atoms with Gasteiger partial charge in [-0.1, -0.05) is 146 Å². The molecule has 8 rings (SSSR count). The van der Waals surface area contributed by atoms with Crippen LogP contribution in [0.25, 0.3) is 28.2 Å². The summed E-state index contributed by atoms with van der Waals surface area (Å²) < 4.78 is 11.4. The molecule has 9 heteroatoms. The summed E-state index contributed by atoms with van der Waals surface area (Å²) in [7, 11) is 1.66. The Hall–Kier alpha value is -6.35. The van der Waals surface area contributed by atoms with E-state index in [2.05, 4.69) is 131 Å². The van der Waals surface area contributed by atoms with Gasteiger partial charge in [-0.3, -0.25) is 4.68 Å². The highest BCUT2D eigenvalue weighted by Gasteiger charge is 2.42. The van der Waals surface area contributed by atoms with E-state index in [1.54, 1.807) is 7.11 Å². The summed E-state index contributed by atoms with van der Waals surface area (Å²) in [6.07, 6.45) is 2.70. The van der Waals surface area contributed by atoms with Crippen LogP contribution in [0.4, 0.5) is 0 Å². The minimum Gasteiger partial charge on any atom is -0.491 e. The molecule has 3 aromatic heterocycles. The predicted molar refractivity (Wildman–Crippen MR) is 189 cm³/mol. The van der Waals surface area contributed by atoms with Crippen LogP contribution >= 0.6 is 0 Å². The number of rotatable bonds is 10. The average Bonchev–Trinajstić information content (AvgIpc) is 3.91. The van der Waals surface area contributed by atoms with Crippen LogP contribution in [-0.4, -0.2) is 46.7 Å². The number of benzene rings is 5. The SMILES string of the molecule is CCc1nc2c(OC)cn(Cc3ccc(-c4ccccc4-c4nnnn4C(c4ccccc4)(c4ccccc4)c4ccccc4)cc3)n2n1. The zero-order valence-corrected chi connectivity index (χ0v) is 27.3. The molecule has 0 aliphatic rings. The molecule has 240 valence electrons. The second kappa shape index (κ2) is 12.7.